The summed E-state index contributed by atoms with van der Waals surface area (Å²) in [6.45, 7) is 7.56. The molecule has 0 atom stereocenters. The van der Waals surface area contributed by atoms with Gasteiger partial charge in [0.2, 0.25) is 0 Å². The molecule has 2 nitrogen and oxygen atoms in total. The van der Waals surface area contributed by atoms with Gasteiger partial charge < -0.3 is 0 Å². The Morgan fingerprint density at radius 2 is 2.00 bits per heavy atom. The quantitative estimate of drug-likeness (QED) is 0.607. The first-order chi connectivity index (χ1) is 6.66. The molecule has 1 aromatic heterocycles. The van der Waals surface area contributed by atoms with Crippen LogP contribution in [0.2, 0.25) is 0 Å². The number of benzene rings is 1. The van der Waals surface area contributed by atoms with Gasteiger partial charge in [-0.3, -0.25) is 0 Å². The van der Waals surface area contributed by atoms with Gasteiger partial charge in [0.05, 0.1) is 13.6 Å². The van der Waals surface area contributed by atoms with E-state index in [1.165, 1.54) is 22.4 Å². The van der Waals surface area contributed by atoms with E-state index in [0.717, 1.165) is 6.54 Å². The largest absolute Gasteiger partial charge is 0.253 e. The molecule has 14 heavy (non-hydrogen) atoms. The Balaban J connectivity index is 2.95. The second kappa shape index (κ2) is 3.12. The summed E-state index contributed by atoms with van der Waals surface area (Å²) in [5.74, 6) is 1.32. The summed E-state index contributed by atoms with van der Waals surface area (Å²) in [4.78, 5) is 0. The molecule has 0 amide bonds. The van der Waals surface area contributed by atoms with Crippen LogP contribution in [0.1, 0.15) is 18.3 Å². The van der Waals surface area contributed by atoms with E-state index < -0.39 is 0 Å². The molecule has 0 aliphatic carbocycles. The lowest BCUT2D eigenvalue weighted by molar-refractivity contribution is -0.652. The number of para-hydroxylation sites is 1. The molecule has 0 unspecified atom stereocenters. The highest BCUT2D eigenvalue weighted by Gasteiger charge is 2.18. The fourth-order valence-corrected chi connectivity index (χ4v) is 2.21. The van der Waals surface area contributed by atoms with E-state index in [1.54, 1.807) is 0 Å². The minimum atomic E-state index is 1.03. The minimum absolute atomic E-state index is 1.03. The van der Waals surface area contributed by atoms with Gasteiger partial charge in [0.25, 0.3) is 5.82 Å². The van der Waals surface area contributed by atoms with Crippen molar-refractivity contribution in [3.63, 3.8) is 0 Å². The minimum Gasteiger partial charge on any atom is -0.230 e. The lowest BCUT2D eigenvalue weighted by Crippen LogP contribution is -2.31. The van der Waals surface area contributed by atoms with E-state index in [1.807, 2.05) is 0 Å². The van der Waals surface area contributed by atoms with Crippen LogP contribution in [0.25, 0.3) is 11.0 Å². The highest BCUT2D eigenvalue weighted by Crippen LogP contribution is 2.16. The number of hydrogen-bond acceptors (Lipinski definition) is 0. The molecule has 1 heterocycles. The van der Waals surface area contributed by atoms with Crippen molar-refractivity contribution in [1.29, 1.82) is 0 Å². The summed E-state index contributed by atoms with van der Waals surface area (Å²) in [7, 11) is 2.14. The van der Waals surface area contributed by atoms with Gasteiger partial charge in [-0.05, 0) is 19.9 Å². The Morgan fingerprint density at radius 3 is 2.64 bits per heavy atom. The van der Waals surface area contributed by atoms with Crippen molar-refractivity contribution in [3.05, 3.63) is 29.6 Å². The summed E-state index contributed by atoms with van der Waals surface area (Å²) < 4.78 is 4.62. The topological polar surface area (TPSA) is 8.81 Å². The first-order valence-electron chi connectivity index (χ1n) is 5.11. The first-order valence-corrected chi connectivity index (χ1v) is 5.11. The third-order valence-electron chi connectivity index (χ3n) is 3.03. The zero-order valence-electron chi connectivity index (χ0n) is 9.33. The molecular weight excluding hydrogens is 172 g/mol. The maximum Gasteiger partial charge on any atom is 0.253 e. The normalized spacial score (nSPS) is 11.1. The van der Waals surface area contributed by atoms with Crippen molar-refractivity contribution in [3.8, 4) is 0 Å². The smallest absolute Gasteiger partial charge is 0.230 e. The lowest BCUT2D eigenvalue weighted by Gasteiger charge is -1.93. The number of aryl methyl sites for hydroxylation is 3. The van der Waals surface area contributed by atoms with Gasteiger partial charge in [0.15, 0.2) is 11.0 Å². The molecule has 1 aromatic carbocycles. The summed E-state index contributed by atoms with van der Waals surface area (Å²) >= 11 is 0. The summed E-state index contributed by atoms with van der Waals surface area (Å²) in [6.07, 6.45) is 0. The van der Waals surface area contributed by atoms with Crippen LogP contribution < -0.4 is 4.57 Å². The molecule has 2 rings (SSSR count). The molecule has 2 heteroatoms. The van der Waals surface area contributed by atoms with Crippen LogP contribution in [0.5, 0.6) is 0 Å². The predicted molar refractivity (Wildman–Crippen MR) is 58.3 cm³/mol. The van der Waals surface area contributed by atoms with Crippen molar-refractivity contribution in [2.75, 3.05) is 0 Å². The van der Waals surface area contributed by atoms with Crippen LogP contribution in [0.15, 0.2) is 18.2 Å². The van der Waals surface area contributed by atoms with Crippen molar-refractivity contribution < 1.29 is 4.57 Å². The summed E-state index contributed by atoms with van der Waals surface area (Å²) in [6, 6.07) is 6.49. The van der Waals surface area contributed by atoms with Crippen LogP contribution >= 0.6 is 0 Å². The molecule has 0 fully saturated rings. The van der Waals surface area contributed by atoms with Crippen LogP contribution in [0.4, 0.5) is 0 Å². The highest BCUT2D eigenvalue weighted by atomic mass is 15.1. The van der Waals surface area contributed by atoms with Gasteiger partial charge >= 0.3 is 0 Å². The fourth-order valence-electron chi connectivity index (χ4n) is 2.21. The highest BCUT2D eigenvalue weighted by molar-refractivity contribution is 5.75. The molecule has 0 bridgehead atoms. The van der Waals surface area contributed by atoms with Gasteiger partial charge in [-0.2, -0.15) is 0 Å². The maximum atomic E-state index is 2.35. The Labute approximate surface area is 84.8 Å². The Morgan fingerprint density at radius 1 is 1.29 bits per heavy atom. The zero-order chi connectivity index (χ0) is 10.3. The molecule has 2 aromatic rings. The van der Waals surface area contributed by atoms with Crippen LogP contribution in [-0.4, -0.2) is 4.57 Å². The maximum absolute atomic E-state index is 2.35. The molecule has 0 spiro atoms. The number of rotatable bonds is 1. The first kappa shape index (κ1) is 9.25. The van der Waals surface area contributed by atoms with E-state index in [0.29, 0.717) is 0 Å². The zero-order valence-corrected chi connectivity index (χ0v) is 9.33. The summed E-state index contributed by atoms with van der Waals surface area (Å²) in [5.41, 5.74) is 4.04. The Bertz CT molecular complexity index is 481. The molecule has 0 radical (unpaired) electrons. The van der Waals surface area contributed by atoms with Gasteiger partial charge in [0.1, 0.15) is 0 Å². The Kier molecular flexibility index (Phi) is 2.06. The predicted octanol–water partition coefficient (Wildman–Crippen LogP) is 2.10. The van der Waals surface area contributed by atoms with E-state index in [4.69, 9.17) is 0 Å². The van der Waals surface area contributed by atoms with Crippen molar-refractivity contribution in [2.24, 2.45) is 7.05 Å². The number of imidazole rings is 1. The molecule has 0 N–H and O–H groups in total. The average Bonchev–Trinajstić information content (AvgIpc) is 2.41. The monoisotopic (exact) mass is 189 g/mol. The van der Waals surface area contributed by atoms with E-state index >= 15 is 0 Å². The summed E-state index contributed by atoms with van der Waals surface area (Å²) in [5, 5.41) is 0. The number of fused-ring (bicyclic) bond motifs is 1. The van der Waals surface area contributed by atoms with Crippen molar-refractivity contribution in [2.45, 2.75) is 27.3 Å². The SMILES string of the molecule is CCn1c(C)[n+](C)c2c(C)cccc21. The number of hydrogen-bond donors (Lipinski definition) is 0. The number of nitrogens with zero attached hydrogens (tertiary/aromatic N) is 2. The number of aromatic nitrogens is 2. The Hall–Kier alpha value is -1.31. The average molecular weight is 189 g/mol. The molecular formula is C12H17N2+. The van der Waals surface area contributed by atoms with Gasteiger partial charge in [0, 0.05) is 12.5 Å². The van der Waals surface area contributed by atoms with Gasteiger partial charge in [-0.25, -0.2) is 9.13 Å². The van der Waals surface area contributed by atoms with Crippen LogP contribution in [0, 0.1) is 13.8 Å². The molecule has 0 saturated carbocycles. The molecule has 0 aliphatic rings. The molecule has 0 aliphatic heterocycles. The van der Waals surface area contributed by atoms with E-state index in [2.05, 4.69) is 55.2 Å². The van der Waals surface area contributed by atoms with Crippen molar-refractivity contribution >= 4 is 11.0 Å². The van der Waals surface area contributed by atoms with E-state index in [9.17, 15) is 0 Å². The van der Waals surface area contributed by atoms with Gasteiger partial charge in [-0.1, -0.05) is 12.1 Å². The van der Waals surface area contributed by atoms with E-state index in [-0.39, 0.29) is 0 Å². The van der Waals surface area contributed by atoms with Gasteiger partial charge in [-0.15, -0.1) is 0 Å². The van der Waals surface area contributed by atoms with Crippen LogP contribution in [0.3, 0.4) is 0 Å². The second-order valence-electron chi connectivity index (χ2n) is 3.79. The van der Waals surface area contributed by atoms with Crippen LogP contribution in [-0.2, 0) is 13.6 Å². The third-order valence-corrected chi connectivity index (χ3v) is 3.03. The molecule has 74 valence electrons. The standard InChI is InChI=1S/C12H17N2/c1-5-14-10(3)13(4)12-9(2)7-6-8-11(12)14/h6-8H,5H2,1-4H3/q+1. The lowest BCUT2D eigenvalue weighted by atomic mass is 10.2. The fraction of sp³-hybridized carbons (Fsp3) is 0.417. The molecule has 0 saturated heterocycles. The third kappa shape index (κ3) is 1.07. The second-order valence-corrected chi connectivity index (χ2v) is 3.79. The van der Waals surface area contributed by atoms with Crippen molar-refractivity contribution in [1.82, 2.24) is 4.57 Å².